The molecule has 1 heterocycles. The first-order valence-corrected chi connectivity index (χ1v) is 8.59. The van der Waals surface area contributed by atoms with Crippen molar-refractivity contribution in [3.05, 3.63) is 59.4 Å². The number of hydrogen-bond donors (Lipinski definition) is 1. The van der Waals surface area contributed by atoms with Gasteiger partial charge in [-0.3, -0.25) is 4.68 Å². The summed E-state index contributed by atoms with van der Waals surface area (Å²) in [6, 6.07) is 14.4. The molecule has 0 aliphatic rings. The maximum absolute atomic E-state index is 6.24. The van der Waals surface area contributed by atoms with Crippen LogP contribution in [0.15, 0.2) is 48.7 Å². The number of benzene rings is 2. The first-order chi connectivity index (χ1) is 11.6. The summed E-state index contributed by atoms with van der Waals surface area (Å²) in [7, 11) is 1.95. The number of aryl methyl sites for hydroxylation is 1. The molecule has 4 nitrogen and oxygen atoms in total. The van der Waals surface area contributed by atoms with Crippen LogP contribution in [-0.2, 0) is 13.1 Å². The van der Waals surface area contributed by atoms with Crippen LogP contribution in [0.1, 0.15) is 12.6 Å². The van der Waals surface area contributed by atoms with E-state index in [-0.39, 0.29) is 0 Å². The normalized spacial score (nSPS) is 10.8. The van der Waals surface area contributed by atoms with Crippen LogP contribution >= 0.6 is 23.8 Å². The zero-order chi connectivity index (χ0) is 17.1. The molecule has 6 heteroatoms. The van der Waals surface area contributed by atoms with Crippen molar-refractivity contribution in [3.8, 4) is 0 Å². The van der Waals surface area contributed by atoms with Gasteiger partial charge < -0.3 is 10.2 Å². The number of nitrogens with one attached hydrogen (secondary N) is 1. The van der Waals surface area contributed by atoms with E-state index >= 15 is 0 Å². The number of halogens is 1. The second-order valence-electron chi connectivity index (χ2n) is 5.57. The SMILES string of the molecule is CCn1ncc(Cl)c1CN(C)C(=S)Nc1cccc2ccccc12. The molecule has 0 aliphatic carbocycles. The molecule has 124 valence electrons. The molecular formula is C18H19ClN4S. The first-order valence-electron chi connectivity index (χ1n) is 7.80. The molecule has 1 N–H and O–H groups in total. The second-order valence-corrected chi connectivity index (χ2v) is 6.36. The zero-order valence-electron chi connectivity index (χ0n) is 13.7. The summed E-state index contributed by atoms with van der Waals surface area (Å²) in [6.45, 7) is 3.42. The minimum absolute atomic E-state index is 0.600. The van der Waals surface area contributed by atoms with Crippen molar-refractivity contribution in [1.82, 2.24) is 14.7 Å². The summed E-state index contributed by atoms with van der Waals surface area (Å²) in [5.74, 6) is 0. The Bertz CT molecular complexity index is 869. The third kappa shape index (κ3) is 3.37. The van der Waals surface area contributed by atoms with Crippen LogP contribution in [0, 0.1) is 0 Å². The van der Waals surface area contributed by atoms with Gasteiger partial charge in [0.25, 0.3) is 0 Å². The van der Waals surface area contributed by atoms with E-state index in [2.05, 4.69) is 28.6 Å². The Balaban J connectivity index is 1.77. The Hall–Kier alpha value is -2.11. The van der Waals surface area contributed by atoms with E-state index in [4.69, 9.17) is 23.8 Å². The lowest BCUT2D eigenvalue weighted by atomic mass is 10.1. The number of thiocarbonyl (C=S) groups is 1. The summed E-state index contributed by atoms with van der Waals surface area (Å²) in [4.78, 5) is 1.96. The largest absolute Gasteiger partial charge is 0.346 e. The van der Waals surface area contributed by atoms with Gasteiger partial charge in [0, 0.05) is 24.7 Å². The molecule has 0 radical (unpaired) electrons. The van der Waals surface area contributed by atoms with Gasteiger partial charge in [0.05, 0.1) is 23.5 Å². The standard InChI is InChI=1S/C18H19ClN4S/c1-3-23-17(15(19)11-20-23)12-22(2)18(24)21-16-10-6-8-13-7-4-5-9-14(13)16/h4-11H,3,12H2,1-2H3,(H,21,24). The number of nitrogens with zero attached hydrogens (tertiary/aromatic N) is 3. The topological polar surface area (TPSA) is 33.1 Å². The molecule has 3 aromatic rings. The van der Waals surface area contributed by atoms with Crippen molar-refractivity contribution < 1.29 is 0 Å². The predicted octanol–water partition coefficient (Wildman–Crippen LogP) is 4.54. The molecule has 3 rings (SSSR count). The minimum atomic E-state index is 0.600. The van der Waals surface area contributed by atoms with Gasteiger partial charge in [-0.1, -0.05) is 48.0 Å². The highest BCUT2D eigenvalue weighted by Gasteiger charge is 2.13. The van der Waals surface area contributed by atoms with E-state index in [1.807, 2.05) is 47.8 Å². The summed E-state index contributed by atoms with van der Waals surface area (Å²) >= 11 is 11.8. The Kier molecular flexibility index (Phi) is 5.02. The molecule has 0 atom stereocenters. The Morgan fingerprint density at radius 2 is 2.00 bits per heavy atom. The van der Waals surface area contributed by atoms with Crippen LogP contribution < -0.4 is 5.32 Å². The van der Waals surface area contributed by atoms with Gasteiger partial charge in [0.2, 0.25) is 0 Å². The lowest BCUT2D eigenvalue weighted by Gasteiger charge is -2.22. The molecule has 0 spiro atoms. The zero-order valence-corrected chi connectivity index (χ0v) is 15.2. The van der Waals surface area contributed by atoms with Crippen molar-refractivity contribution in [1.29, 1.82) is 0 Å². The van der Waals surface area contributed by atoms with Crippen LogP contribution in [-0.4, -0.2) is 26.8 Å². The summed E-state index contributed by atoms with van der Waals surface area (Å²) in [5, 5.41) is 11.2. The third-order valence-electron chi connectivity index (χ3n) is 3.96. The van der Waals surface area contributed by atoms with Gasteiger partial charge in [0.1, 0.15) is 0 Å². The molecule has 0 saturated heterocycles. The molecule has 0 saturated carbocycles. The van der Waals surface area contributed by atoms with E-state index in [0.29, 0.717) is 16.7 Å². The number of hydrogen-bond acceptors (Lipinski definition) is 2. The second kappa shape index (κ2) is 7.20. The van der Waals surface area contributed by atoms with Gasteiger partial charge >= 0.3 is 0 Å². The summed E-state index contributed by atoms with van der Waals surface area (Å²) in [5.41, 5.74) is 1.96. The van der Waals surface area contributed by atoms with Crippen molar-refractivity contribution in [3.63, 3.8) is 0 Å². The van der Waals surface area contributed by atoms with Crippen molar-refractivity contribution >= 4 is 45.4 Å². The quantitative estimate of drug-likeness (QED) is 0.694. The molecule has 0 fully saturated rings. The molecule has 0 unspecified atom stereocenters. The predicted molar refractivity (Wildman–Crippen MR) is 105 cm³/mol. The van der Waals surface area contributed by atoms with Crippen LogP contribution in [0.25, 0.3) is 10.8 Å². The third-order valence-corrected chi connectivity index (χ3v) is 4.69. The molecule has 2 aromatic carbocycles. The van der Waals surface area contributed by atoms with E-state index < -0.39 is 0 Å². The van der Waals surface area contributed by atoms with Gasteiger partial charge in [0.15, 0.2) is 5.11 Å². The van der Waals surface area contributed by atoms with E-state index in [1.54, 1.807) is 6.20 Å². The molecular weight excluding hydrogens is 340 g/mol. The lowest BCUT2D eigenvalue weighted by Crippen LogP contribution is -2.31. The van der Waals surface area contributed by atoms with Crippen LogP contribution in [0.4, 0.5) is 5.69 Å². The van der Waals surface area contributed by atoms with Crippen LogP contribution in [0.5, 0.6) is 0 Å². The lowest BCUT2D eigenvalue weighted by molar-refractivity contribution is 0.471. The summed E-state index contributed by atoms with van der Waals surface area (Å²) in [6.07, 6.45) is 1.68. The van der Waals surface area contributed by atoms with Gasteiger partial charge in [-0.2, -0.15) is 5.10 Å². The number of fused-ring (bicyclic) bond motifs is 1. The molecule has 1 aromatic heterocycles. The maximum Gasteiger partial charge on any atom is 0.173 e. The molecule has 0 bridgehead atoms. The van der Waals surface area contributed by atoms with E-state index in [0.717, 1.165) is 23.3 Å². The molecule has 24 heavy (non-hydrogen) atoms. The van der Waals surface area contributed by atoms with Gasteiger partial charge in [-0.15, -0.1) is 0 Å². The molecule has 0 aliphatic heterocycles. The Morgan fingerprint density at radius 1 is 1.25 bits per heavy atom. The van der Waals surface area contributed by atoms with E-state index in [1.165, 1.54) is 5.39 Å². The van der Waals surface area contributed by atoms with E-state index in [9.17, 15) is 0 Å². The van der Waals surface area contributed by atoms with Crippen molar-refractivity contribution in [2.75, 3.05) is 12.4 Å². The number of anilines is 1. The van der Waals surface area contributed by atoms with Crippen LogP contribution in [0.2, 0.25) is 5.02 Å². The maximum atomic E-state index is 6.24. The smallest absolute Gasteiger partial charge is 0.173 e. The minimum Gasteiger partial charge on any atom is -0.346 e. The Morgan fingerprint density at radius 3 is 2.79 bits per heavy atom. The van der Waals surface area contributed by atoms with Crippen molar-refractivity contribution in [2.24, 2.45) is 0 Å². The summed E-state index contributed by atoms with van der Waals surface area (Å²) < 4.78 is 1.89. The fourth-order valence-corrected chi connectivity index (χ4v) is 3.03. The first kappa shape index (κ1) is 16.7. The van der Waals surface area contributed by atoms with Gasteiger partial charge in [-0.25, -0.2) is 0 Å². The number of aromatic nitrogens is 2. The fourth-order valence-electron chi connectivity index (χ4n) is 2.66. The van der Waals surface area contributed by atoms with Gasteiger partial charge in [-0.05, 0) is 30.6 Å². The van der Waals surface area contributed by atoms with Crippen molar-refractivity contribution in [2.45, 2.75) is 20.0 Å². The average Bonchev–Trinajstić information content (AvgIpc) is 2.95. The monoisotopic (exact) mass is 358 g/mol. The number of rotatable bonds is 4. The highest BCUT2D eigenvalue weighted by molar-refractivity contribution is 7.80. The van der Waals surface area contributed by atoms with Crippen LogP contribution in [0.3, 0.4) is 0 Å². The fraction of sp³-hybridized carbons (Fsp3) is 0.222. The highest BCUT2D eigenvalue weighted by Crippen LogP contribution is 2.23. The highest BCUT2D eigenvalue weighted by atomic mass is 35.5. The molecule has 0 amide bonds. The average molecular weight is 359 g/mol. The Labute approximate surface area is 152 Å².